The fourth-order valence-electron chi connectivity index (χ4n) is 7.00. The molecule has 230 valence electrons. The van der Waals surface area contributed by atoms with Crippen LogP contribution in [0.25, 0.3) is 11.1 Å². The maximum atomic E-state index is 13.5. The number of nitrogens with one attached hydrogen (secondary N) is 1. The highest BCUT2D eigenvalue weighted by Gasteiger charge is 2.34. The van der Waals surface area contributed by atoms with Gasteiger partial charge in [-0.05, 0) is 79.3 Å². The zero-order valence-electron chi connectivity index (χ0n) is 25.5. The van der Waals surface area contributed by atoms with Crippen LogP contribution in [-0.4, -0.2) is 60.4 Å². The van der Waals surface area contributed by atoms with Crippen molar-refractivity contribution in [2.24, 2.45) is 5.92 Å². The SMILES string of the molecule is CCCC1CCC(CC2CCCCC2)N1Cc1ccc(C(=O)NC(CCS(C)(=O)=O)C(=O)O)c(-c2ccccc2C)c1. The third kappa shape index (κ3) is 8.66. The molecule has 1 aliphatic carbocycles. The molecule has 0 aromatic heterocycles. The Morgan fingerprint density at radius 2 is 1.71 bits per heavy atom. The Kier molecular flexibility index (Phi) is 11.2. The summed E-state index contributed by atoms with van der Waals surface area (Å²) in [6.45, 7) is 5.10. The lowest BCUT2D eigenvalue weighted by Crippen LogP contribution is -2.42. The fraction of sp³-hybridized carbons (Fsp3) is 0.588. The number of hydrogen-bond acceptors (Lipinski definition) is 5. The van der Waals surface area contributed by atoms with Gasteiger partial charge >= 0.3 is 5.97 Å². The van der Waals surface area contributed by atoms with Gasteiger partial charge < -0.3 is 10.4 Å². The molecule has 1 saturated heterocycles. The number of sulfone groups is 1. The van der Waals surface area contributed by atoms with Crippen LogP contribution >= 0.6 is 0 Å². The lowest BCUT2D eigenvalue weighted by Gasteiger charge is -2.34. The monoisotopic (exact) mass is 596 g/mol. The molecule has 8 heteroatoms. The summed E-state index contributed by atoms with van der Waals surface area (Å²) in [5.41, 5.74) is 4.26. The first-order chi connectivity index (χ1) is 20.1. The molecule has 1 amide bonds. The number of amides is 1. The van der Waals surface area contributed by atoms with E-state index in [1.54, 1.807) is 0 Å². The quantitative estimate of drug-likeness (QED) is 0.278. The number of carbonyl (C=O) groups excluding carboxylic acids is 1. The molecule has 2 aromatic carbocycles. The molecule has 3 unspecified atom stereocenters. The van der Waals surface area contributed by atoms with Crippen LogP contribution in [0.2, 0.25) is 0 Å². The molecule has 0 bridgehead atoms. The second kappa shape index (κ2) is 14.6. The maximum Gasteiger partial charge on any atom is 0.326 e. The summed E-state index contributed by atoms with van der Waals surface area (Å²) >= 11 is 0. The molecular weight excluding hydrogens is 548 g/mol. The van der Waals surface area contributed by atoms with E-state index in [0.717, 1.165) is 47.4 Å². The van der Waals surface area contributed by atoms with E-state index < -0.39 is 27.8 Å². The first kappa shape index (κ1) is 32.2. The minimum atomic E-state index is -3.37. The van der Waals surface area contributed by atoms with Crippen molar-refractivity contribution in [1.82, 2.24) is 10.2 Å². The molecule has 2 fully saturated rings. The van der Waals surface area contributed by atoms with Crippen molar-refractivity contribution in [3.63, 3.8) is 0 Å². The van der Waals surface area contributed by atoms with E-state index in [4.69, 9.17) is 0 Å². The maximum absolute atomic E-state index is 13.5. The number of carboxylic acids is 1. The van der Waals surface area contributed by atoms with Crippen molar-refractivity contribution in [3.05, 3.63) is 59.2 Å². The highest BCUT2D eigenvalue weighted by Crippen LogP contribution is 2.37. The largest absolute Gasteiger partial charge is 0.480 e. The van der Waals surface area contributed by atoms with Gasteiger partial charge in [-0.25, -0.2) is 13.2 Å². The van der Waals surface area contributed by atoms with Crippen molar-refractivity contribution in [1.29, 1.82) is 0 Å². The lowest BCUT2D eigenvalue weighted by molar-refractivity contribution is -0.139. The van der Waals surface area contributed by atoms with E-state index in [2.05, 4.69) is 23.2 Å². The van der Waals surface area contributed by atoms with Crippen molar-refractivity contribution < 1.29 is 23.1 Å². The van der Waals surface area contributed by atoms with E-state index in [0.29, 0.717) is 17.6 Å². The summed E-state index contributed by atoms with van der Waals surface area (Å²) in [5, 5.41) is 12.3. The number of carboxylic acid groups (broad SMARTS) is 1. The molecule has 1 aliphatic heterocycles. The van der Waals surface area contributed by atoms with Crippen molar-refractivity contribution in [2.45, 2.75) is 109 Å². The number of aliphatic carboxylic acids is 1. The second-order valence-corrected chi connectivity index (χ2v) is 14.8. The molecule has 4 rings (SSSR count). The molecule has 7 nitrogen and oxygen atoms in total. The third-order valence-corrected chi connectivity index (χ3v) is 10.2. The van der Waals surface area contributed by atoms with Crippen LogP contribution in [0.3, 0.4) is 0 Å². The smallest absolute Gasteiger partial charge is 0.326 e. The number of likely N-dealkylation sites (tertiary alicyclic amines) is 1. The van der Waals surface area contributed by atoms with Gasteiger partial charge in [0.15, 0.2) is 0 Å². The van der Waals surface area contributed by atoms with Gasteiger partial charge in [-0.3, -0.25) is 9.69 Å². The van der Waals surface area contributed by atoms with Crippen LogP contribution in [-0.2, 0) is 21.2 Å². The Labute approximate surface area is 252 Å². The van der Waals surface area contributed by atoms with Gasteiger partial charge in [0.25, 0.3) is 5.91 Å². The number of carbonyl (C=O) groups is 2. The van der Waals surface area contributed by atoms with E-state index >= 15 is 0 Å². The average molecular weight is 597 g/mol. The Morgan fingerprint density at radius 3 is 2.38 bits per heavy atom. The number of aryl methyl sites for hydroxylation is 1. The van der Waals surface area contributed by atoms with Gasteiger partial charge in [-0.15, -0.1) is 0 Å². The predicted octanol–water partition coefficient (Wildman–Crippen LogP) is 6.38. The molecule has 42 heavy (non-hydrogen) atoms. The first-order valence-corrected chi connectivity index (χ1v) is 17.8. The van der Waals surface area contributed by atoms with Gasteiger partial charge in [0.1, 0.15) is 15.9 Å². The minimum Gasteiger partial charge on any atom is -0.480 e. The summed E-state index contributed by atoms with van der Waals surface area (Å²) in [5.74, 6) is -1.25. The molecule has 2 aliphatic rings. The van der Waals surface area contributed by atoms with Crippen LogP contribution in [0.1, 0.15) is 99.0 Å². The Balaban J connectivity index is 1.62. The van der Waals surface area contributed by atoms with Crippen molar-refractivity contribution in [3.8, 4) is 11.1 Å². The summed E-state index contributed by atoms with van der Waals surface area (Å²) in [6.07, 6.45) is 13.8. The normalized spacial score (nSPS) is 20.8. The molecule has 1 saturated carbocycles. The molecule has 3 atom stereocenters. The highest BCUT2D eigenvalue weighted by molar-refractivity contribution is 7.90. The Morgan fingerprint density at radius 1 is 1.00 bits per heavy atom. The summed E-state index contributed by atoms with van der Waals surface area (Å²) < 4.78 is 23.3. The summed E-state index contributed by atoms with van der Waals surface area (Å²) in [6, 6.07) is 13.7. The van der Waals surface area contributed by atoms with Crippen LogP contribution in [0.4, 0.5) is 0 Å². The number of benzene rings is 2. The molecule has 2 aromatic rings. The molecule has 2 N–H and O–H groups in total. The predicted molar refractivity (Wildman–Crippen MR) is 168 cm³/mol. The Hall–Kier alpha value is -2.71. The highest BCUT2D eigenvalue weighted by atomic mass is 32.2. The van der Waals surface area contributed by atoms with Gasteiger partial charge in [-0.2, -0.15) is 0 Å². The zero-order valence-corrected chi connectivity index (χ0v) is 26.3. The number of rotatable bonds is 13. The zero-order chi connectivity index (χ0) is 30.3. The van der Waals surface area contributed by atoms with Gasteiger partial charge in [0, 0.05) is 30.4 Å². The number of hydrogen-bond donors (Lipinski definition) is 2. The molecule has 0 spiro atoms. The van der Waals surface area contributed by atoms with E-state index in [-0.39, 0.29) is 12.2 Å². The van der Waals surface area contributed by atoms with E-state index in [1.807, 2.05) is 43.3 Å². The topological polar surface area (TPSA) is 104 Å². The van der Waals surface area contributed by atoms with Crippen LogP contribution in [0, 0.1) is 12.8 Å². The lowest BCUT2D eigenvalue weighted by atomic mass is 9.84. The number of nitrogens with zero attached hydrogens (tertiary/aromatic N) is 1. The van der Waals surface area contributed by atoms with Gasteiger partial charge in [0.2, 0.25) is 0 Å². The second-order valence-electron chi connectivity index (χ2n) is 12.6. The average Bonchev–Trinajstić information content (AvgIpc) is 3.31. The van der Waals surface area contributed by atoms with Gasteiger partial charge in [-0.1, -0.05) is 75.8 Å². The summed E-state index contributed by atoms with van der Waals surface area (Å²) in [4.78, 5) is 28.1. The van der Waals surface area contributed by atoms with E-state index in [9.17, 15) is 23.1 Å². The first-order valence-electron chi connectivity index (χ1n) is 15.7. The van der Waals surface area contributed by atoms with E-state index in [1.165, 1.54) is 57.8 Å². The van der Waals surface area contributed by atoms with Crippen LogP contribution in [0.15, 0.2) is 42.5 Å². The Bertz CT molecular complexity index is 1340. The van der Waals surface area contributed by atoms with Gasteiger partial charge in [0.05, 0.1) is 5.75 Å². The standard InChI is InChI=1S/C34H48N2O5S/c1-4-10-27-16-17-28(21-25-12-6-5-7-13-25)36(27)23-26-15-18-30(31(22-26)29-14-9-8-11-24(29)2)33(37)35-32(34(38)39)19-20-42(3,40)41/h8-9,11,14-15,18,22,25,27-28,32H,4-7,10,12-13,16-17,19-21,23H2,1-3H3,(H,35,37)(H,38,39). The van der Waals surface area contributed by atoms with Crippen molar-refractivity contribution in [2.75, 3.05) is 12.0 Å². The fourth-order valence-corrected chi connectivity index (χ4v) is 7.66. The van der Waals surface area contributed by atoms with Crippen LogP contribution in [0.5, 0.6) is 0 Å². The minimum absolute atomic E-state index is 0.187. The third-order valence-electron chi connectivity index (χ3n) is 9.23. The molecular formula is C34H48N2O5S. The van der Waals surface area contributed by atoms with Crippen molar-refractivity contribution >= 4 is 21.7 Å². The molecule has 1 heterocycles. The molecule has 0 radical (unpaired) electrons. The van der Waals surface area contributed by atoms with Crippen LogP contribution < -0.4 is 5.32 Å². The summed E-state index contributed by atoms with van der Waals surface area (Å²) in [7, 11) is -3.37.